The van der Waals surface area contributed by atoms with Crippen LogP contribution in [0.2, 0.25) is 5.02 Å². The third kappa shape index (κ3) is 16.3. The Bertz CT molecular complexity index is 3310. The summed E-state index contributed by atoms with van der Waals surface area (Å²) in [5.41, 5.74) is 6.40. The highest BCUT2D eigenvalue weighted by Gasteiger charge is 2.40. The van der Waals surface area contributed by atoms with Gasteiger partial charge in [0.2, 0.25) is 17.8 Å². The van der Waals surface area contributed by atoms with Crippen molar-refractivity contribution in [2.24, 2.45) is 17.6 Å². The number of urea groups is 1. The molecule has 0 spiro atoms. The highest BCUT2D eigenvalue weighted by molar-refractivity contribution is 7.10. The van der Waals surface area contributed by atoms with Gasteiger partial charge in [0.15, 0.2) is 5.82 Å². The zero-order valence-electron chi connectivity index (χ0n) is 49.7. The molecule has 4 aromatic carbocycles. The number of anilines is 2. The van der Waals surface area contributed by atoms with Crippen molar-refractivity contribution in [3.8, 4) is 33.9 Å². The first-order chi connectivity index (χ1) is 42.2. The average Bonchev–Trinajstić information content (AvgIpc) is 3.34. The lowest BCUT2D eigenvalue weighted by molar-refractivity contribution is -0.141. The third-order valence-corrected chi connectivity index (χ3v) is 17.8. The number of aromatic nitrogens is 3. The maximum atomic E-state index is 16.5. The molecule has 0 bridgehead atoms. The number of piperazine rings is 1. The van der Waals surface area contributed by atoms with Crippen molar-refractivity contribution in [3.05, 3.63) is 87.7 Å². The molecule has 9 rings (SSSR count). The number of aromatic hydroxyl groups is 1. The Morgan fingerprint density at radius 2 is 1.49 bits per heavy atom. The predicted molar refractivity (Wildman–Crippen MR) is 331 cm³/mol. The van der Waals surface area contributed by atoms with E-state index in [1.165, 1.54) is 34.4 Å². The summed E-state index contributed by atoms with van der Waals surface area (Å²) in [4.78, 5) is 73.6. The molecule has 2 aromatic heterocycles. The maximum absolute atomic E-state index is 16.5. The lowest BCUT2D eigenvalue weighted by atomic mass is 9.76. The van der Waals surface area contributed by atoms with Crippen molar-refractivity contribution >= 4 is 80.0 Å². The highest BCUT2D eigenvalue weighted by Crippen LogP contribution is 2.44. The molecular formula is C63H79ClF2N10O10S. The predicted octanol–water partition coefficient (Wildman–Crippen LogP) is 9.24. The number of likely N-dealkylation sites (N-methyl/N-ethyl adjacent to an activating group) is 2. The van der Waals surface area contributed by atoms with Gasteiger partial charge in [0.1, 0.15) is 46.0 Å². The van der Waals surface area contributed by atoms with Crippen molar-refractivity contribution in [1.29, 1.82) is 0 Å². The second kappa shape index (κ2) is 31.4. The van der Waals surface area contributed by atoms with Gasteiger partial charge in [-0.25, -0.2) is 23.5 Å². The standard InChI is InChI=1S/C63H79ClF2N10O10S/c1-40(68-2)52(78)38-45(41-11-5-4-6-12-41)61(80)76-22-10-16-50(76)60-70-49(39-87-60)43-18-19-53(44-14-8-7-13-42(43)44)86-36-35-85-34-33-84-32-31-83-30-29-82-28-27-73(3)54(79)20-21-69-63-71-58-46(59(72-63)74-23-25-75(26-24-74)62(67)81)37-47(64)55(57(58)66)56-48(65)15-9-17-51(56)77/h7-9,13-15,17-19,37,39-41,45,50,68,77H,4-6,10-12,16,20-36,38H2,1-3H3,(H2,67,81)(H,69,71,72)/t40-,45-,50-/m0/s1. The van der Waals surface area contributed by atoms with Crippen molar-refractivity contribution < 1.29 is 56.7 Å². The number of primary amides is 1. The maximum Gasteiger partial charge on any atom is 0.314 e. The Morgan fingerprint density at radius 1 is 0.805 bits per heavy atom. The number of ketones is 1. The molecule has 1 aliphatic carbocycles. The molecule has 5 N–H and O–H groups in total. The van der Waals surface area contributed by atoms with Gasteiger partial charge in [-0.3, -0.25) is 14.4 Å². The van der Waals surface area contributed by atoms with Crippen molar-refractivity contribution in [3.63, 3.8) is 0 Å². The fourth-order valence-electron chi connectivity index (χ4n) is 11.6. The number of benzene rings is 4. The van der Waals surface area contributed by atoms with E-state index in [0.29, 0.717) is 97.9 Å². The molecule has 2 saturated heterocycles. The van der Waals surface area contributed by atoms with E-state index in [2.05, 4.69) is 32.0 Å². The van der Waals surface area contributed by atoms with E-state index in [1.807, 2.05) is 47.1 Å². The van der Waals surface area contributed by atoms with Gasteiger partial charge in [-0.2, -0.15) is 4.98 Å². The number of hydrogen-bond acceptors (Lipinski definition) is 17. The van der Waals surface area contributed by atoms with Gasteiger partial charge >= 0.3 is 6.03 Å². The summed E-state index contributed by atoms with van der Waals surface area (Å²) >= 11 is 8.16. The van der Waals surface area contributed by atoms with Crippen LogP contribution in [-0.2, 0) is 33.3 Å². The summed E-state index contributed by atoms with van der Waals surface area (Å²) in [7, 11) is 3.45. The van der Waals surface area contributed by atoms with Gasteiger partial charge < -0.3 is 64.8 Å². The summed E-state index contributed by atoms with van der Waals surface area (Å²) < 4.78 is 60.5. The number of carbonyl (C=O) groups is 4. The van der Waals surface area contributed by atoms with Crippen molar-refractivity contribution in [2.75, 3.05) is 130 Å². The summed E-state index contributed by atoms with van der Waals surface area (Å²) in [5.74, 6) is -1.34. The Hall–Kier alpha value is -6.86. The van der Waals surface area contributed by atoms with E-state index in [1.54, 1.807) is 25.4 Å². The van der Waals surface area contributed by atoms with Gasteiger partial charge in [0.25, 0.3) is 0 Å². The molecular weight excluding hydrogens is 1160 g/mol. The van der Waals surface area contributed by atoms with E-state index in [4.69, 9.17) is 46.0 Å². The van der Waals surface area contributed by atoms with Crippen LogP contribution in [0.15, 0.2) is 66.0 Å². The molecule has 4 amide bonds. The van der Waals surface area contributed by atoms with Crippen LogP contribution < -0.4 is 26.0 Å². The normalized spacial score (nSPS) is 16.4. The molecule has 0 unspecified atom stereocenters. The number of phenols is 1. The second-order valence-corrected chi connectivity index (χ2v) is 23.5. The number of Topliss-reactive ketones (excluding diaryl/α,β-unsaturated/α-hetero) is 1. The van der Waals surface area contributed by atoms with Crippen LogP contribution >= 0.6 is 22.9 Å². The van der Waals surface area contributed by atoms with Crippen LogP contribution in [0.5, 0.6) is 11.5 Å². The molecule has 0 radical (unpaired) electrons. The number of nitrogens with two attached hydrogens (primary N) is 1. The third-order valence-electron chi connectivity index (χ3n) is 16.6. The summed E-state index contributed by atoms with van der Waals surface area (Å²) in [6, 6.07) is 16.2. The molecule has 3 aliphatic rings. The number of amides is 4. The number of nitrogens with one attached hydrogen (secondary N) is 2. The number of fused-ring (bicyclic) bond motifs is 2. The molecule has 4 heterocycles. The monoisotopic (exact) mass is 1240 g/mol. The van der Waals surface area contributed by atoms with E-state index < -0.39 is 29.0 Å². The number of hydrogen-bond donors (Lipinski definition) is 4. The van der Waals surface area contributed by atoms with Crippen molar-refractivity contribution in [1.82, 2.24) is 35.0 Å². The highest BCUT2D eigenvalue weighted by atomic mass is 35.5. The number of ether oxygens (including phenoxy) is 5. The average molecular weight is 1240 g/mol. The molecule has 468 valence electrons. The minimum absolute atomic E-state index is 0.00436. The van der Waals surface area contributed by atoms with Crippen LogP contribution in [0.3, 0.4) is 0 Å². The lowest BCUT2D eigenvalue weighted by Gasteiger charge is -2.35. The molecule has 24 heteroatoms. The summed E-state index contributed by atoms with van der Waals surface area (Å²) in [5, 5.41) is 21.7. The fourth-order valence-corrected chi connectivity index (χ4v) is 12.9. The number of phenolic OH excluding ortho intramolecular Hbond substituents is 1. The first kappa shape index (κ1) is 64.6. The first-order valence-corrected chi connectivity index (χ1v) is 31.3. The zero-order valence-corrected chi connectivity index (χ0v) is 51.3. The molecule has 3 fully saturated rings. The van der Waals surface area contributed by atoms with Gasteiger partial charge in [-0.05, 0) is 81.3 Å². The Labute approximate surface area is 515 Å². The van der Waals surface area contributed by atoms with Crippen LogP contribution in [0.25, 0.3) is 44.1 Å². The number of rotatable bonds is 30. The minimum atomic E-state index is -0.970. The van der Waals surface area contributed by atoms with Crippen molar-refractivity contribution in [2.45, 2.75) is 76.8 Å². The van der Waals surface area contributed by atoms with E-state index in [9.17, 15) is 24.3 Å². The van der Waals surface area contributed by atoms with Crippen LogP contribution in [0, 0.1) is 23.5 Å². The Kier molecular flexibility index (Phi) is 23.3. The van der Waals surface area contributed by atoms with E-state index in [0.717, 1.165) is 77.4 Å². The number of carbonyl (C=O) groups excluding carboxylic acids is 4. The van der Waals surface area contributed by atoms with E-state index in [-0.39, 0.29) is 94.9 Å². The molecule has 3 atom stereocenters. The fraction of sp³-hybridized carbons (Fsp3) is 0.508. The van der Waals surface area contributed by atoms with Crippen LogP contribution in [0.1, 0.15) is 75.8 Å². The van der Waals surface area contributed by atoms with Gasteiger partial charge in [0, 0.05) is 98.9 Å². The lowest BCUT2D eigenvalue weighted by Crippen LogP contribution is -2.50. The van der Waals surface area contributed by atoms with Crippen LogP contribution in [-0.4, -0.2) is 184 Å². The minimum Gasteiger partial charge on any atom is -0.507 e. The second-order valence-electron chi connectivity index (χ2n) is 22.2. The molecule has 20 nitrogen and oxygen atoms in total. The topological polar surface area (TPSA) is 236 Å². The quantitative estimate of drug-likeness (QED) is 0.0308. The molecule has 2 aliphatic heterocycles. The Balaban J connectivity index is 0.649. The van der Waals surface area contributed by atoms with Gasteiger partial charge in [-0.15, -0.1) is 11.3 Å². The number of nitrogens with zero attached hydrogens (tertiary/aromatic N) is 7. The largest absolute Gasteiger partial charge is 0.507 e. The number of halogens is 3. The van der Waals surface area contributed by atoms with E-state index >= 15 is 8.78 Å². The van der Waals surface area contributed by atoms with Gasteiger partial charge in [0.05, 0.1) is 81.2 Å². The Morgan fingerprint density at radius 3 is 2.18 bits per heavy atom. The molecule has 87 heavy (non-hydrogen) atoms. The van der Waals surface area contributed by atoms with Gasteiger partial charge in [-0.1, -0.05) is 61.2 Å². The summed E-state index contributed by atoms with van der Waals surface area (Å²) in [6.07, 6.45) is 7.48. The SMILES string of the molecule is CN[C@@H](C)C(=O)C[C@H](C(=O)N1CCC[C@H]1c1nc(-c2ccc(OCCOCCOCCOCCOCCN(C)C(=O)CCNc3nc(N4CCN(C(N)=O)CC4)c4cc(Cl)c(-c5c(O)cccc5F)c(F)c4n3)c3ccccc23)cs1)C1CCCCC1. The molecule has 1 saturated carbocycles. The number of thiazole rings is 1. The smallest absolute Gasteiger partial charge is 0.314 e. The summed E-state index contributed by atoms with van der Waals surface area (Å²) in [6.45, 7) is 7.38. The number of likely N-dealkylation sites (tertiary alicyclic amines) is 1. The zero-order chi connectivity index (χ0) is 61.4. The van der Waals surface area contributed by atoms with Crippen LogP contribution in [0.4, 0.5) is 25.3 Å². The molecule has 6 aromatic rings. The first-order valence-electron chi connectivity index (χ1n) is 30.1.